The molecular formula is C14H13Br2NO2S. The molecule has 1 aromatic heterocycles. The molecule has 0 fully saturated rings. The summed E-state index contributed by atoms with van der Waals surface area (Å²) >= 11 is 8.17. The molecule has 0 aliphatic heterocycles. The molecule has 0 aliphatic rings. The molecule has 0 radical (unpaired) electrons. The maximum atomic E-state index is 12.2. The van der Waals surface area contributed by atoms with Gasteiger partial charge in [0, 0.05) is 4.47 Å². The number of hydrogen-bond donors (Lipinski definition) is 1. The van der Waals surface area contributed by atoms with Crippen molar-refractivity contribution in [2.75, 3.05) is 7.11 Å². The minimum atomic E-state index is -0.0790. The van der Waals surface area contributed by atoms with Gasteiger partial charge >= 0.3 is 0 Å². The number of rotatable bonds is 4. The van der Waals surface area contributed by atoms with Crippen LogP contribution in [-0.4, -0.2) is 13.0 Å². The van der Waals surface area contributed by atoms with Crippen LogP contribution >= 0.6 is 43.2 Å². The maximum Gasteiger partial charge on any atom is 0.261 e. The minimum Gasteiger partial charge on any atom is -0.497 e. The van der Waals surface area contributed by atoms with Gasteiger partial charge in [-0.15, -0.1) is 11.3 Å². The molecule has 106 valence electrons. The zero-order valence-electron chi connectivity index (χ0n) is 10.9. The van der Waals surface area contributed by atoms with E-state index < -0.39 is 0 Å². The van der Waals surface area contributed by atoms with E-state index in [1.807, 2.05) is 37.3 Å². The molecule has 0 bridgehead atoms. The van der Waals surface area contributed by atoms with Crippen LogP contribution in [0.1, 0.15) is 28.2 Å². The van der Waals surface area contributed by atoms with E-state index in [9.17, 15) is 4.79 Å². The van der Waals surface area contributed by atoms with E-state index in [4.69, 9.17) is 4.74 Å². The highest BCUT2D eigenvalue weighted by molar-refractivity contribution is 9.13. The van der Waals surface area contributed by atoms with E-state index in [1.54, 1.807) is 7.11 Å². The van der Waals surface area contributed by atoms with Crippen LogP contribution in [-0.2, 0) is 0 Å². The molecule has 2 rings (SSSR count). The van der Waals surface area contributed by atoms with Gasteiger partial charge in [0.2, 0.25) is 0 Å². The molecule has 1 unspecified atom stereocenters. The van der Waals surface area contributed by atoms with Gasteiger partial charge in [0.25, 0.3) is 5.91 Å². The highest BCUT2D eigenvalue weighted by Gasteiger charge is 2.15. The summed E-state index contributed by atoms with van der Waals surface area (Å²) in [6.07, 6.45) is 0. The molecule has 1 atom stereocenters. The summed E-state index contributed by atoms with van der Waals surface area (Å²) in [6.45, 7) is 1.96. The Hall–Kier alpha value is -0.850. The van der Waals surface area contributed by atoms with Crippen molar-refractivity contribution in [1.29, 1.82) is 0 Å². The Morgan fingerprint density at radius 1 is 1.30 bits per heavy atom. The molecule has 20 heavy (non-hydrogen) atoms. The lowest BCUT2D eigenvalue weighted by molar-refractivity contribution is 0.0944. The van der Waals surface area contributed by atoms with Crippen LogP contribution in [0.15, 0.2) is 38.6 Å². The second kappa shape index (κ2) is 6.74. The van der Waals surface area contributed by atoms with Crippen LogP contribution in [0, 0.1) is 0 Å². The molecule has 0 saturated carbocycles. The summed E-state index contributed by atoms with van der Waals surface area (Å²) in [6, 6.07) is 9.42. The summed E-state index contributed by atoms with van der Waals surface area (Å²) in [4.78, 5) is 12.8. The topological polar surface area (TPSA) is 38.3 Å². The van der Waals surface area contributed by atoms with Crippen molar-refractivity contribution < 1.29 is 9.53 Å². The number of carbonyl (C=O) groups is 1. The van der Waals surface area contributed by atoms with Gasteiger partial charge in [-0.25, -0.2) is 0 Å². The molecule has 1 N–H and O–H groups in total. The van der Waals surface area contributed by atoms with Gasteiger partial charge in [0.15, 0.2) is 0 Å². The Balaban J connectivity index is 2.06. The van der Waals surface area contributed by atoms with Crippen LogP contribution in [0.3, 0.4) is 0 Å². The monoisotopic (exact) mass is 417 g/mol. The Labute approximate surface area is 138 Å². The van der Waals surface area contributed by atoms with Gasteiger partial charge in [-0.1, -0.05) is 12.1 Å². The van der Waals surface area contributed by atoms with Gasteiger partial charge in [-0.2, -0.15) is 0 Å². The smallest absolute Gasteiger partial charge is 0.261 e. The Morgan fingerprint density at radius 3 is 2.45 bits per heavy atom. The fraction of sp³-hybridized carbons (Fsp3) is 0.214. The third-order valence-electron chi connectivity index (χ3n) is 2.83. The largest absolute Gasteiger partial charge is 0.497 e. The van der Waals surface area contributed by atoms with E-state index in [2.05, 4.69) is 37.2 Å². The summed E-state index contributed by atoms with van der Waals surface area (Å²) < 4.78 is 6.93. The van der Waals surface area contributed by atoms with Crippen LogP contribution in [0.2, 0.25) is 0 Å². The summed E-state index contributed by atoms with van der Waals surface area (Å²) in [5.74, 6) is 0.725. The van der Waals surface area contributed by atoms with Crippen molar-refractivity contribution in [3.63, 3.8) is 0 Å². The number of carbonyl (C=O) groups excluding carboxylic acids is 1. The molecule has 3 nitrogen and oxygen atoms in total. The normalized spacial score (nSPS) is 12.0. The van der Waals surface area contributed by atoms with Gasteiger partial charge in [-0.05, 0) is 62.5 Å². The van der Waals surface area contributed by atoms with E-state index in [0.717, 1.165) is 19.6 Å². The van der Waals surface area contributed by atoms with E-state index >= 15 is 0 Å². The Bertz CT molecular complexity index is 591. The molecule has 0 spiro atoms. The van der Waals surface area contributed by atoms with E-state index in [-0.39, 0.29) is 11.9 Å². The van der Waals surface area contributed by atoms with Crippen molar-refractivity contribution in [3.8, 4) is 5.75 Å². The standard InChI is InChI=1S/C14H13Br2NO2S/c1-8(9-3-5-10(19-2)6-4-9)17-14(18)12-7-11(15)13(16)20-12/h3-8H,1-2H3,(H,17,18). The fourth-order valence-electron chi connectivity index (χ4n) is 1.70. The average Bonchev–Trinajstić information content (AvgIpc) is 2.79. The quantitative estimate of drug-likeness (QED) is 0.776. The summed E-state index contributed by atoms with van der Waals surface area (Å²) in [7, 11) is 1.63. The van der Waals surface area contributed by atoms with Crippen LogP contribution in [0.5, 0.6) is 5.75 Å². The van der Waals surface area contributed by atoms with Crippen LogP contribution in [0.25, 0.3) is 0 Å². The molecule has 0 aliphatic carbocycles. The highest BCUT2D eigenvalue weighted by atomic mass is 79.9. The highest BCUT2D eigenvalue weighted by Crippen LogP contribution is 2.32. The molecule has 0 saturated heterocycles. The molecule has 6 heteroatoms. The zero-order valence-corrected chi connectivity index (χ0v) is 14.9. The van der Waals surface area contributed by atoms with Gasteiger partial charge in [-0.3, -0.25) is 4.79 Å². The second-order valence-electron chi connectivity index (χ2n) is 4.20. The van der Waals surface area contributed by atoms with Crippen molar-refractivity contribution in [3.05, 3.63) is 49.0 Å². The van der Waals surface area contributed by atoms with Crippen molar-refractivity contribution in [1.82, 2.24) is 5.32 Å². The predicted octanol–water partition coefficient (Wildman–Crippen LogP) is 4.77. The number of hydrogen-bond acceptors (Lipinski definition) is 3. The summed E-state index contributed by atoms with van der Waals surface area (Å²) in [5.41, 5.74) is 1.04. The molecule has 2 aromatic rings. The SMILES string of the molecule is COc1ccc(C(C)NC(=O)c2cc(Br)c(Br)s2)cc1. The molecular weight excluding hydrogens is 406 g/mol. The third-order valence-corrected chi connectivity index (χ3v) is 6.09. The Kier molecular flexibility index (Phi) is 5.23. The number of methoxy groups -OCH3 is 1. The van der Waals surface area contributed by atoms with Crippen molar-refractivity contribution in [2.45, 2.75) is 13.0 Å². The fourth-order valence-corrected chi connectivity index (χ4v) is 3.64. The first-order valence-electron chi connectivity index (χ1n) is 5.91. The number of benzene rings is 1. The number of nitrogens with one attached hydrogen (secondary N) is 1. The van der Waals surface area contributed by atoms with Crippen molar-refractivity contribution >= 4 is 49.1 Å². The zero-order chi connectivity index (χ0) is 14.7. The molecule has 1 amide bonds. The van der Waals surface area contributed by atoms with Gasteiger partial charge in [0.1, 0.15) is 5.75 Å². The third kappa shape index (κ3) is 3.62. The van der Waals surface area contributed by atoms with E-state index in [1.165, 1.54) is 11.3 Å². The average molecular weight is 419 g/mol. The van der Waals surface area contributed by atoms with Gasteiger partial charge < -0.3 is 10.1 Å². The van der Waals surface area contributed by atoms with E-state index in [0.29, 0.717) is 4.88 Å². The lowest BCUT2D eigenvalue weighted by atomic mass is 10.1. The minimum absolute atomic E-state index is 0.0620. The van der Waals surface area contributed by atoms with Gasteiger partial charge in [0.05, 0.1) is 21.8 Å². The first kappa shape index (κ1) is 15.5. The van der Waals surface area contributed by atoms with Crippen LogP contribution < -0.4 is 10.1 Å². The second-order valence-corrected chi connectivity index (χ2v) is 7.43. The van der Waals surface area contributed by atoms with Crippen LogP contribution in [0.4, 0.5) is 0 Å². The number of amides is 1. The molecule has 1 heterocycles. The molecule has 1 aromatic carbocycles. The number of thiophene rings is 1. The first-order chi connectivity index (χ1) is 9.51. The lowest BCUT2D eigenvalue weighted by Gasteiger charge is -2.14. The maximum absolute atomic E-state index is 12.2. The summed E-state index contributed by atoms with van der Waals surface area (Å²) in [5, 5.41) is 2.98. The lowest BCUT2D eigenvalue weighted by Crippen LogP contribution is -2.25. The Morgan fingerprint density at radius 2 is 1.95 bits per heavy atom. The predicted molar refractivity (Wildman–Crippen MR) is 88.6 cm³/mol. The van der Waals surface area contributed by atoms with Crippen molar-refractivity contribution in [2.24, 2.45) is 0 Å². The first-order valence-corrected chi connectivity index (χ1v) is 8.31. The number of halogens is 2. The number of ether oxygens (including phenoxy) is 1.